The zero-order chi connectivity index (χ0) is 19.1. The van der Waals surface area contributed by atoms with Gasteiger partial charge in [-0.15, -0.1) is 0 Å². The molecule has 1 saturated heterocycles. The quantitative estimate of drug-likeness (QED) is 0.756. The number of carbonyl (C=O) groups is 2. The maximum Gasteiger partial charge on any atom is 0.253 e. The first-order valence-electron chi connectivity index (χ1n) is 9.44. The molecule has 1 aliphatic heterocycles. The van der Waals surface area contributed by atoms with Crippen LogP contribution in [0, 0.1) is 0 Å². The van der Waals surface area contributed by atoms with E-state index in [1.807, 2.05) is 29.2 Å². The van der Waals surface area contributed by atoms with Crippen molar-refractivity contribution in [2.45, 2.75) is 46.2 Å². The first-order chi connectivity index (χ1) is 12.4. The normalized spacial score (nSPS) is 18.0. The monoisotopic (exact) mass is 361 g/mol. The van der Waals surface area contributed by atoms with Gasteiger partial charge in [-0.05, 0) is 44.5 Å². The van der Waals surface area contributed by atoms with Gasteiger partial charge in [-0.3, -0.25) is 14.5 Å². The minimum absolute atomic E-state index is 0.0718. The number of hydrogen-bond acceptors (Lipinski definition) is 4. The number of hydrogen-bond donors (Lipinski definition) is 1. The third kappa shape index (κ3) is 5.46. The van der Waals surface area contributed by atoms with Crippen LogP contribution in [0.3, 0.4) is 0 Å². The number of rotatable bonds is 7. The van der Waals surface area contributed by atoms with Crippen molar-refractivity contribution in [3.63, 3.8) is 0 Å². The van der Waals surface area contributed by atoms with Crippen molar-refractivity contribution >= 4 is 11.8 Å². The summed E-state index contributed by atoms with van der Waals surface area (Å²) >= 11 is 0. The van der Waals surface area contributed by atoms with Crippen LogP contribution < -0.4 is 10.1 Å². The molecule has 0 aromatic heterocycles. The lowest BCUT2D eigenvalue weighted by atomic mass is 10.1. The Bertz CT molecular complexity index is 601. The Hall–Kier alpha value is -2.08. The minimum atomic E-state index is -0.0718. The van der Waals surface area contributed by atoms with E-state index in [0.29, 0.717) is 36.5 Å². The molecule has 1 atom stereocenters. The van der Waals surface area contributed by atoms with Gasteiger partial charge in [0.2, 0.25) is 5.91 Å². The Morgan fingerprint density at radius 2 is 1.92 bits per heavy atom. The molecule has 0 bridgehead atoms. The summed E-state index contributed by atoms with van der Waals surface area (Å²) in [6.07, 6.45) is 1.04. The van der Waals surface area contributed by atoms with Crippen LogP contribution >= 0.6 is 0 Å². The molecular weight excluding hydrogens is 330 g/mol. The number of benzene rings is 1. The highest BCUT2D eigenvalue weighted by Gasteiger charge is 2.30. The number of piperazine rings is 1. The van der Waals surface area contributed by atoms with E-state index in [2.05, 4.69) is 31.0 Å². The number of amides is 2. The van der Waals surface area contributed by atoms with E-state index in [9.17, 15) is 9.59 Å². The van der Waals surface area contributed by atoms with Crippen molar-refractivity contribution < 1.29 is 14.3 Å². The van der Waals surface area contributed by atoms with Crippen LogP contribution in [0.5, 0.6) is 5.75 Å². The smallest absolute Gasteiger partial charge is 0.253 e. The van der Waals surface area contributed by atoms with Crippen molar-refractivity contribution in [1.29, 1.82) is 0 Å². The topological polar surface area (TPSA) is 61.9 Å². The van der Waals surface area contributed by atoms with Crippen molar-refractivity contribution in [2.75, 3.05) is 32.8 Å². The summed E-state index contributed by atoms with van der Waals surface area (Å²) in [5.41, 5.74) is 0.687. The van der Waals surface area contributed by atoms with Gasteiger partial charge >= 0.3 is 0 Å². The van der Waals surface area contributed by atoms with Crippen LogP contribution in [-0.2, 0) is 4.79 Å². The van der Waals surface area contributed by atoms with E-state index in [4.69, 9.17) is 4.74 Å². The molecule has 1 N–H and O–H groups in total. The fraction of sp³-hybridized carbons (Fsp3) is 0.600. The maximum absolute atomic E-state index is 12.8. The standard InChI is InChI=1S/C20H31N3O3/c1-5-18-14-22(11-12-23(18)15(2)3)20(25)17-6-8-19(9-7-17)26-13-10-21-16(4)24/h6-9,15,18H,5,10-14H2,1-4H3,(H,21,24). The Morgan fingerprint density at radius 3 is 2.50 bits per heavy atom. The summed E-state index contributed by atoms with van der Waals surface area (Å²) in [7, 11) is 0. The average Bonchev–Trinajstić information content (AvgIpc) is 2.64. The highest BCUT2D eigenvalue weighted by atomic mass is 16.5. The highest BCUT2D eigenvalue weighted by Crippen LogP contribution is 2.19. The summed E-state index contributed by atoms with van der Waals surface area (Å²) in [6.45, 7) is 11.4. The van der Waals surface area contributed by atoms with E-state index in [0.717, 1.165) is 26.1 Å². The molecule has 1 fully saturated rings. The Kier molecular flexibility index (Phi) is 7.45. The first-order valence-corrected chi connectivity index (χ1v) is 9.44. The molecule has 144 valence electrons. The van der Waals surface area contributed by atoms with Gasteiger partial charge in [0.1, 0.15) is 12.4 Å². The molecule has 2 rings (SSSR count). The van der Waals surface area contributed by atoms with E-state index in [1.54, 1.807) is 0 Å². The summed E-state index contributed by atoms with van der Waals surface area (Å²) in [4.78, 5) is 28.1. The molecule has 1 heterocycles. The Morgan fingerprint density at radius 1 is 1.23 bits per heavy atom. The summed E-state index contributed by atoms with van der Waals surface area (Å²) in [6, 6.07) is 8.17. The molecule has 0 radical (unpaired) electrons. The molecule has 1 aliphatic rings. The molecule has 0 aliphatic carbocycles. The second-order valence-corrected chi connectivity index (χ2v) is 7.00. The maximum atomic E-state index is 12.8. The van der Waals surface area contributed by atoms with Gasteiger partial charge in [0, 0.05) is 44.2 Å². The summed E-state index contributed by atoms with van der Waals surface area (Å²) < 4.78 is 5.57. The third-order valence-electron chi connectivity index (χ3n) is 4.80. The van der Waals surface area contributed by atoms with E-state index >= 15 is 0 Å². The first kappa shape index (κ1) is 20.2. The number of carbonyl (C=O) groups excluding carboxylic acids is 2. The minimum Gasteiger partial charge on any atom is -0.492 e. The Balaban J connectivity index is 1.90. The van der Waals surface area contributed by atoms with Crippen LogP contribution in [0.1, 0.15) is 44.5 Å². The highest BCUT2D eigenvalue weighted by molar-refractivity contribution is 5.94. The molecule has 1 unspecified atom stereocenters. The molecule has 1 aromatic rings. The number of nitrogens with zero attached hydrogens (tertiary/aromatic N) is 2. The molecule has 1 aromatic carbocycles. The van der Waals surface area contributed by atoms with Gasteiger partial charge in [-0.2, -0.15) is 0 Å². The van der Waals surface area contributed by atoms with Crippen molar-refractivity contribution in [3.05, 3.63) is 29.8 Å². The molecule has 26 heavy (non-hydrogen) atoms. The molecule has 6 nitrogen and oxygen atoms in total. The third-order valence-corrected chi connectivity index (χ3v) is 4.80. The number of nitrogens with one attached hydrogen (secondary N) is 1. The lowest BCUT2D eigenvalue weighted by Crippen LogP contribution is -2.56. The van der Waals surface area contributed by atoms with Gasteiger partial charge in [0.25, 0.3) is 5.91 Å². The van der Waals surface area contributed by atoms with Crippen LogP contribution in [0.15, 0.2) is 24.3 Å². The van der Waals surface area contributed by atoms with Gasteiger partial charge in [-0.1, -0.05) is 6.92 Å². The molecule has 2 amide bonds. The van der Waals surface area contributed by atoms with Gasteiger partial charge in [0.05, 0.1) is 6.54 Å². The van der Waals surface area contributed by atoms with Crippen LogP contribution in [0.2, 0.25) is 0 Å². The molecule has 0 saturated carbocycles. The Labute approximate surface area is 156 Å². The lowest BCUT2D eigenvalue weighted by molar-refractivity contribution is -0.119. The van der Waals surface area contributed by atoms with Gasteiger partial charge in [0.15, 0.2) is 0 Å². The van der Waals surface area contributed by atoms with Crippen molar-refractivity contribution in [1.82, 2.24) is 15.1 Å². The van der Waals surface area contributed by atoms with Crippen LogP contribution in [0.4, 0.5) is 0 Å². The molecule has 0 spiro atoms. The van der Waals surface area contributed by atoms with Crippen LogP contribution in [-0.4, -0.2) is 66.5 Å². The molecule has 6 heteroatoms. The fourth-order valence-corrected chi connectivity index (χ4v) is 3.37. The summed E-state index contributed by atoms with van der Waals surface area (Å²) in [5, 5.41) is 2.68. The van der Waals surface area contributed by atoms with E-state index < -0.39 is 0 Å². The van der Waals surface area contributed by atoms with Gasteiger partial charge < -0.3 is 15.0 Å². The van der Waals surface area contributed by atoms with Crippen molar-refractivity contribution in [2.24, 2.45) is 0 Å². The van der Waals surface area contributed by atoms with E-state index in [1.165, 1.54) is 6.92 Å². The average molecular weight is 361 g/mol. The SMILES string of the molecule is CCC1CN(C(=O)c2ccc(OCCNC(C)=O)cc2)CCN1C(C)C. The second kappa shape index (κ2) is 9.57. The molecular formula is C20H31N3O3. The predicted molar refractivity (Wildman–Crippen MR) is 102 cm³/mol. The second-order valence-electron chi connectivity index (χ2n) is 7.00. The largest absolute Gasteiger partial charge is 0.492 e. The van der Waals surface area contributed by atoms with Gasteiger partial charge in [-0.25, -0.2) is 0 Å². The van der Waals surface area contributed by atoms with Crippen LogP contribution in [0.25, 0.3) is 0 Å². The summed E-state index contributed by atoms with van der Waals surface area (Å²) in [5.74, 6) is 0.706. The zero-order valence-corrected chi connectivity index (χ0v) is 16.3. The van der Waals surface area contributed by atoms with Crippen molar-refractivity contribution in [3.8, 4) is 5.75 Å². The van der Waals surface area contributed by atoms with E-state index in [-0.39, 0.29) is 11.8 Å². The zero-order valence-electron chi connectivity index (χ0n) is 16.3. The number of ether oxygens (including phenoxy) is 1. The lowest BCUT2D eigenvalue weighted by Gasteiger charge is -2.43. The predicted octanol–water partition coefficient (Wildman–Crippen LogP) is 2.15. The fourth-order valence-electron chi connectivity index (χ4n) is 3.37.